The minimum Gasteiger partial charge on any atom is -0.353 e. The smallest absolute Gasteiger partial charge is 0.237 e. The monoisotopic (exact) mass is 242 g/mol. The van der Waals surface area contributed by atoms with Crippen molar-refractivity contribution in [1.82, 2.24) is 5.32 Å². The Morgan fingerprint density at radius 2 is 1.88 bits per heavy atom. The first-order valence-electron chi connectivity index (χ1n) is 5.19. The summed E-state index contributed by atoms with van der Waals surface area (Å²) in [5.41, 5.74) is 6.87. The normalized spacial score (nSPS) is 11.8. The van der Waals surface area contributed by atoms with Crippen LogP contribution in [0.2, 0.25) is 0 Å². The molecular formula is C12H19ClN2O. The summed E-state index contributed by atoms with van der Waals surface area (Å²) >= 11 is 0. The highest BCUT2D eigenvalue weighted by Crippen LogP contribution is 2.01. The average molecular weight is 243 g/mol. The van der Waals surface area contributed by atoms with Gasteiger partial charge in [-0.15, -0.1) is 12.4 Å². The Bertz CT molecular complexity index is 314. The van der Waals surface area contributed by atoms with Crippen molar-refractivity contribution in [3.8, 4) is 0 Å². The minimum absolute atomic E-state index is 0. The van der Waals surface area contributed by atoms with Crippen LogP contribution >= 0.6 is 12.4 Å². The minimum atomic E-state index is -0.463. The van der Waals surface area contributed by atoms with Crippen molar-refractivity contribution in [3.05, 3.63) is 35.9 Å². The standard InChI is InChI=1S/C12H18N2O.ClH/c1-9(2)14-12(15)11(13)8-10-6-4-3-5-7-10;/h3-7,9,11H,8,13H2,1-2H3,(H,14,15);1H. The first kappa shape index (κ1) is 14.9. The van der Waals surface area contributed by atoms with Gasteiger partial charge in [0.25, 0.3) is 0 Å². The van der Waals surface area contributed by atoms with Crippen LogP contribution in [-0.2, 0) is 11.2 Å². The summed E-state index contributed by atoms with van der Waals surface area (Å²) in [5.74, 6) is -0.0890. The fourth-order valence-electron chi connectivity index (χ4n) is 1.35. The van der Waals surface area contributed by atoms with E-state index in [0.29, 0.717) is 6.42 Å². The SMILES string of the molecule is CC(C)NC(=O)C(N)Cc1ccccc1.Cl. The van der Waals surface area contributed by atoms with Crippen molar-refractivity contribution in [2.45, 2.75) is 32.4 Å². The number of carbonyl (C=O) groups is 1. The summed E-state index contributed by atoms with van der Waals surface area (Å²) in [5, 5.41) is 2.80. The first-order chi connectivity index (χ1) is 7.09. The van der Waals surface area contributed by atoms with Crippen molar-refractivity contribution in [2.75, 3.05) is 0 Å². The quantitative estimate of drug-likeness (QED) is 0.841. The highest BCUT2D eigenvalue weighted by molar-refractivity contribution is 5.85. The predicted molar refractivity (Wildman–Crippen MR) is 68.6 cm³/mol. The van der Waals surface area contributed by atoms with Crippen LogP contribution < -0.4 is 11.1 Å². The van der Waals surface area contributed by atoms with Gasteiger partial charge in [0.05, 0.1) is 6.04 Å². The second-order valence-corrected chi connectivity index (χ2v) is 3.96. The van der Waals surface area contributed by atoms with Gasteiger partial charge in [-0.3, -0.25) is 4.79 Å². The molecule has 0 spiro atoms. The van der Waals surface area contributed by atoms with Crippen molar-refractivity contribution in [3.63, 3.8) is 0 Å². The number of hydrogen-bond acceptors (Lipinski definition) is 2. The summed E-state index contributed by atoms with van der Waals surface area (Å²) < 4.78 is 0. The van der Waals surface area contributed by atoms with Crippen molar-refractivity contribution in [1.29, 1.82) is 0 Å². The van der Waals surface area contributed by atoms with E-state index in [0.717, 1.165) is 5.56 Å². The van der Waals surface area contributed by atoms with Gasteiger partial charge in [0.1, 0.15) is 0 Å². The number of nitrogens with two attached hydrogens (primary N) is 1. The zero-order valence-corrected chi connectivity index (χ0v) is 10.5. The van der Waals surface area contributed by atoms with Crippen molar-refractivity contribution in [2.24, 2.45) is 5.73 Å². The molecule has 0 saturated heterocycles. The highest BCUT2D eigenvalue weighted by atomic mass is 35.5. The van der Waals surface area contributed by atoms with Gasteiger partial charge in [-0.05, 0) is 25.8 Å². The molecule has 0 radical (unpaired) electrons. The zero-order valence-electron chi connectivity index (χ0n) is 9.64. The Morgan fingerprint density at radius 3 is 2.38 bits per heavy atom. The Kier molecular flexibility index (Phi) is 6.77. The molecule has 1 unspecified atom stereocenters. The summed E-state index contributed by atoms with van der Waals surface area (Å²) in [4.78, 5) is 11.5. The van der Waals surface area contributed by atoms with Gasteiger partial charge in [-0.25, -0.2) is 0 Å². The number of hydrogen-bond donors (Lipinski definition) is 2. The number of amides is 1. The topological polar surface area (TPSA) is 55.1 Å². The number of nitrogens with one attached hydrogen (secondary N) is 1. The fraction of sp³-hybridized carbons (Fsp3) is 0.417. The largest absolute Gasteiger partial charge is 0.353 e. The van der Waals surface area contributed by atoms with Crippen LogP contribution in [0.5, 0.6) is 0 Å². The lowest BCUT2D eigenvalue weighted by molar-refractivity contribution is -0.122. The molecular weight excluding hydrogens is 224 g/mol. The molecule has 0 aliphatic heterocycles. The third-order valence-electron chi connectivity index (χ3n) is 2.07. The molecule has 3 N–H and O–H groups in total. The predicted octanol–water partition coefficient (Wildman–Crippen LogP) is 1.50. The van der Waals surface area contributed by atoms with Crippen LogP contribution in [0, 0.1) is 0 Å². The molecule has 0 aliphatic carbocycles. The number of rotatable bonds is 4. The number of benzene rings is 1. The molecule has 1 rings (SSSR count). The number of halogens is 1. The maximum absolute atomic E-state index is 11.5. The Morgan fingerprint density at radius 1 is 1.31 bits per heavy atom. The lowest BCUT2D eigenvalue weighted by Crippen LogP contribution is -2.44. The van der Waals surface area contributed by atoms with Gasteiger partial charge in [-0.2, -0.15) is 0 Å². The van der Waals surface area contributed by atoms with Crippen LogP contribution in [0.1, 0.15) is 19.4 Å². The van der Waals surface area contributed by atoms with Crippen molar-refractivity contribution < 1.29 is 4.79 Å². The third-order valence-corrected chi connectivity index (χ3v) is 2.07. The maximum atomic E-state index is 11.5. The molecule has 0 aliphatic rings. The molecule has 4 heteroatoms. The van der Waals surface area contributed by atoms with E-state index in [-0.39, 0.29) is 24.4 Å². The van der Waals surface area contributed by atoms with Gasteiger partial charge in [-0.1, -0.05) is 30.3 Å². The first-order valence-corrected chi connectivity index (χ1v) is 5.19. The summed E-state index contributed by atoms with van der Waals surface area (Å²) in [6, 6.07) is 9.47. The van der Waals surface area contributed by atoms with Crippen LogP contribution in [0.25, 0.3) is 0 Å². The maximum Gasteiger partial charge on any atom is 0.237 e. The van der Waals surface area contributed by atoms with Crippen LogP contribution in [0.3, 0.4) is 0 Å². The second kappa shape index (κ2) is 7.25. The van der Waals surface area contributed by atoms with E-state index >= 15 is 0 Å². The Balaban J connectivity index is 0.00000225. The molecule has 90 valence electrons. The summed E-state index contributed by atoms with van der Waals surface area (Å²) in [7, 11) is 0. The molecule has 1 atom stereocenters. The molecule has 3 nitrogen and oxygen atoms in total. The van der Waals surface area contributed by atoms with Gasteiger partial charge in [0.15, 0.2) is 0 Å². The Labute approximate surface area is 103 Å². The van der Waals surface area contributed by atoms with Gasteiger partial charge >= 0.3 is 0 Å². The van der Waals surface area contributed by atoms with E-state index in [1.54, 1.807) is 0 Å². The zero-order chi connectivity index (χ0) is 11.3. The van der Waals surface area contributed by atoms with E-state index in [1.165, 1.54) is 0 Å². The fourth-order valence-corrected chi connectivity index (χ4v) is 1.35. The molecule has 1 aromatic rings. The summed E-state index contributed by atoms with van der Waals surface area (Å²) in [6.07, 6.45) is 0.583. The van der Waals surface area contributed by atoms with Crippen LogP contribution in [-0.4, -0.2) is 18.0 Å². The van der Waals surface area contributed by atoms with E-state index in [2.05, 4.69) is 5.32 Å². The second-order valence-electron chi connectivity index (χ2n) is 3.96. The van der Waals surface area contributed by atoms with E-state index in [1.807, 2.05) is 44.2 Å². The van der Waals surface area contributed by atoms with Gasteiger partial charge in [0.2, 0.25) is 5.91 Å². The molecule has 0 fully saturated rings. The molecule has 16 heavy (non-hydrogen) atoms. The summed E-state index contributed by atoms with van der Waals surface area (Å²) in [6.45, 7) is 3.85. The third kappa shape index (κ3) is 5.14. The van der Waals surface area contributed by atoms with Crippen LogP contribution in [0.4, 0.5) is 0 Å². The van der Waals surface area contributed by atoms with Crippen LogP contribution in [0.15, 0.2) is 30.3 Å². The van der Waals surface area contributed by atoms with Crippen molar-refractivity contribution >= 4 is 18.3 Å². The van der Waals surface area contributed by atoms with Gasteiger partial charge in [0, 0.05) is 6.04 Å². The molecule has 0 heterocycles. The lowest BCUT2D eigenvalue weighted by atomic mass is 10.1. The number of carbonyl (C=O) groups excluding carboxylic acids is 1. The molecule has 0 bridgehead atoms. The molecule has 1 amide bonds. The van der Waals surface area contributed by atoms with E-state index < -0.39 is 6.04 Å². The lowest BCUT2D eigenvalue weighted by Gasteiger charge is -2.14. The average Bonchev–Trinajstić information content (AvgIpc) is 2.18. The molecule has 0 aromatic heterocycles. The highest BCUT2D eigenvalue weighted by Gasteiger charge is 2.14. The van der Waals surface area contributed by atoms with Gasteiger partial charge < -0.3 is 11.1 Å². The van der Waals surface area contributed by atoms with E-state index in [4.69, 9.17) is 5.73 Å². The molecule has 1 aromatic carbocycles. The Hall–Kier alpha value is -1.06. The molecule has 0 saturated carbocycles. The van der Waals surface area contributed by atoms with E-state index in [9.17, 15) is 4.79 Å².